The molecule has 0 spiro atoms. The van der Waals surface area contributed by atoms with Gasteiger partial charge in [0.15, 0.2) is 0 Å². The van der Waals surface area contributed by atoms with Crippen LogP contribution in [0.1, 0.15) is 32.6 Å². The van der Waals surface area contributed by atoms with E-state index in [0.29, 0.717) is 0 Å². The van der Waals surface area contributed by atoms with E-state index in [4.69, 9.17) is 0 Å². The van der Waals surface area contributed by atoms with Crippen LogP contribution < -0.4 is 10.6 Å². The molecule has 6 heteroatoms. The minimum atomic E-state index is -0.404. The first-order valence-corrected chi connectivity index (χ1v) is 8.56. The van der Waals surface area contributed by atoms with Gasteiger partial charge >= 0.3 is 124 Å². The zero-order valence-corrected chi connectivity index (χ0v) is 13.2. The molecule has 1 saturated heterocycles. The maximum atomic E-state index is 12.7. The number of benzene rings is 1. The van der Waals surface area contributed by atoms with Gasteiger partial charge in [0.05, 0.1) is 0 Å². The van der Waals surface area contributed by atoms with E-state index in [-0.39, 0.29) is 20.5 Å². The Hall–Kier alpha value is -1.23. The Bertz CT molecular complexity index is 601. The third-order valence-corrected chi connectivity index (χ3v) is 5.03. The SMILES string of the molecule is CCCC1(C(=O)Nc2cccc3c2N=[Se]=N3)CCCN1. The second kappa shape index (κ2) is 5.64. The van der Waals surface area contributed by atoms with Crippen LogP contribution in [-0.2, 0) is 4.79 Å². The number of carbonyl (C=O) groups is 1. The Morgan fingerprint density at radius 2 is 2.40 bits per heavy atom. The molecule has 2 heterocycles. The molecule has 1 aromatic carbocycles. The molecule has 2 aliphatic heterocycles. The molecule has 2 aliphatic rings. The fourth-order valence-electron chi connectivity index (χ4n) is 2.90. The fourth-order valence-corrected chi connectivity index (χ4v) is 4.06. The molecule has 0 aliphatic carbocycles. The number of amides is 1. The first-order chi connectivity index (χ1) is 9.75. The summed E-state index contributed by atoms with van der Waals surface area (Å²) in [6, 6.07) is 5.77. The van der Waals surface area contributed by atoms with E-state index in [2.05, 4.69) is 25.5 Å². The van der Waals surface area contributed by atoms with Gasteiger partial charge < -0.3 is 0 Å². The monoisotopic (exact) mass is 338 g/mol. The molecule has 20 heavy (non-hydrogen) atoms. The second-order valence-electron chi connectivity index (χ2n) is 5.25. The Labute approximate surface area is 124 Å². The molecule has 1 atom stereocenters. The zero-order chi connectivity index (χ0) is 14.0. The number of nitrogens with zero attached hydrogens (tertiary/aromatic N) is 2. The van der Waals surface area contributed by atoms with E-state index >= 15 is 0 Å². The maximum absolute atomic E-state index is 12.7. The third-order valence-electron chi connectivity index (χ3n) is 3.89. The van der Waals surface area contributed by atoms with Gasteiger partial charge in [0.25, 0.3) is 0 Å². The summed E-state index contributed by atoms with van der Waals surface area (Å²) in [5.41, 5.74) is 2.12. The van der Waals surface area contributed by atoms with Crippen molar-refractivity contribution in [1.82, 2.24) is 5.32 Å². The van der Waals surface area contributed by atoms with Crippen molar-refractivity contribution in [2.24, 2.45) is 7.92 Å². The number of hydrogen-bond acceptors (Lipinski definition) is 4. The molecule has 0 radical (unpaired) electrons. The average molecular weight is 337 g/mol. The van der Waals surface area contributed by atoms with Gasteiger partial charge in [0, 0.05) is 0 Å². The van der Waals surface area contributed by atoms with Crippen LogP contribution in [0, 0.1) is 0 Å². The van der Waals surface area contributed by atoms with Crippen LogP contribution in [0.2, 0.25) is 0 Å². The molecule has 1 amide bonds. The van der Waals surface area contributed by atoms with Gasteiger partial charge in [-0.3, -0.25) is 0 Å². The molecule has 0 saturated carbocycles. The Balaban J connectivity index is 1.83. The van der Waals surface area contributed by atoms with Crippen molar-refractivity contribution in [3.05, 3.63) is 18.2 Å². The van der Waals surface area contributed by atoms with E-state index in [9.17, 15) is 4.79 Å². The number of nitrogens with one attached hydrogen (secondary N) is 2. The van der Waals surface area contributed by atoms with Crippen LogP contribution in [-0.4, -0.2) is 32.6 Å². The van der Waals surface area contributed by atoms with Crippen LogP contribution in [0.4, 0.5) is 17.1 Å². The topological polar surface area (TPSA) is 65.8 Å². The summed E-state index contributed by atoms with van der Waals surface area (Å²) in [4.78, 5) is 12.7. The number of rotatable bonds is 4. The van der Waals surface area contributed by atoms with Crippen LogP contribution in [0.15, 0.2) is 26.1 Å². The number of hydrogen-bond donors (Lipinski definition) is 2. The van der Waals surface area contributed by atoms with E-state index in [1.165, 1.54) is 0 Å². The van der Waals surface area contributed by atoms with Crippen LogP contribution in [0.5, 0.6) is 0 Å². The fraction of sp³-hybridized carbons (Fsp3) is 0.500. The normalized spacial score (nSPS) is 23.4. The Morgan fingerprint density at radius 1 is 1.50 bits per heavy atom. The molecule has 2 N–H and O–H groups in total. The van der Waals surface area contributed by atoms with Crippen molar-refractivity contribution in [3.63, 3.8) is 0 Å². The van der Waals surface area contributed by atoms with E-state index in [0.717, 1.165) is 49.3 Å². The molecule has 0 aromatic heterocycles. The van der Waals surface area contributed by atoms with E-state index < -0.39 is 5.54 Å². The van der Waals surface area contributed by atoms with Gasteiger partial charge in [-0.2, -0.15) is 0 Å². The van der Waals surface area contributed by atoms with Gasteiger partial charge in [-0.05, 0) is 0 Å². The Kier molecular flexibility index (Phi) is 3.87. The van der Waals surface area contributed by atoms with Gasteiger partial charge in [0.1, 0.15) is 0 Å². The first kappa shape index (κ1) is 13.7. The quantitative estimate of drug-likeness (QED) is 0.843. The molecular weight excluding hydrogens is 319 g/mol. The molecular formula is C14H18N4OSe. The molecule has 1 fully saturated rings. The summed E-state index contributed by atoms with van der Waals surface area (Å²) < 4.78 is 8.76. The molecule has 5 nitrogen and oxygen atoms in total. The third kappa shape index (κ3) is 2.39. The van der Waals surface area contributed by atoms with Gasteiger partial charge in [-0.25, -0.2) is 0 Å². The summed E-state index contributed by atoms with van der Waals surface area (Å²) in [7, 11) is 0. The second-order valence-corrected chi connectivity index (χ2v) is 6.36. The van der Waals surface area contributed by atoms with Crippen LogP contribution in [0.25, 0.3) is 0 Å². The number of fused-ring (bicyclic) bond motifs is 1. The predicted molar refractivity (Wildman–Crippen MR) is 79.9 cm³/mol. The Morgan fingerprint density at radius 3 is 3.15 bits per heavy atom. The number of carbonyl (C=O) groups excluding carboxylic acids is 1. The summed E-state index contributed by atoms with van der Waals surface area (Å²) in [6.07, 6.45) is 3.84. The molecule has 0 bridgehead atoms. The van der Waals surface area contributed by atoms with Crippen molar-refractivity contribution in [2.75, 3.05) is 11.9 Å². The number of anilines is 1. The summed E-state index contributed by atoms with van der Waals surface area (Å²) >= 11 is -0.0735. The molecule has 3 rings (SSSR count). The predicted octanol–water partition coefficient (Wildman–Crippen LogP) is 2.90. The van der Waals surface area contributed by atoms with Crippen molar-refractivity contribution in [1.29, 1.82) is 0 Å². The summed E-state index contributed by atoms with van der Waals surface area (Å²) in [5.74, 6) is 0.0693. The first-order valence-electron chi connectivity index (χ1n) is 7.03. The summed E-state index contributed by atoms with van der Waals surface area (Å²) in [5, 5.41) is 6.46. The molecule has 1 unspecified atom stereocenters. The van der Waals surface area contributed by atoms with E-state index in [1.807, 2.05) is 18.2 Å². The van der Waals surface area contributed by atoms with Gasteiger partial charge in [-0.15, -0.1) is 0 Å². The van der Waals surface area contributed by atoms with Gasteiger partial charge in [0.2, 0.25) is 0 Å². The van der Waals surface area contributed by atoms with Crippen LogP contribution >= 0.6 is 0 Å². The standard InChI is InChI=1S/C14H18N4OSe/c1-2-7-14(8-4-9-15-14)13(19)16-10-5-3-6-11-12(10)18-20-17-11/h3,5-6,15H,2,4,7-9H2,1H3,(H,16,19). The van der Waals surface area contributed by atoms with Crippen molar-refractivity contribution >= 4 is 37.5 Å². The van der Waals surface area contributed by atoms with E-state index in [1.54, 1.807) is 0 Å². The van der Waals surface area contributed by atoms with Gasteiger partial charge in [-0.1, -0.05) is 0 Å². The molecule has 1 aromatic rings. The van der Waals surface area contributed by atoms with Crippen molar-refractivity contribution in [2.45, 2.75) is 38.1 Å². The zero-order valence-electron chi connectivity index (χ0n) is 11.5. The van der Waals surface area contributed by atoms with Crippen molar-refractivity contribution < 1.29 is 4.79 Å². The summed E-state index contributed by atoms with van der Waals surface area (Å²) in [6.45, 7) is 3.04. The van der Waals surface area contributed by atoms with Crippen molar-refractivity contribution in [3.8, 4) is 0 Å². The average Bonchev–Trinajstić information content (AvgIpc) is 3.08. The van der Waals surface area contributed by atoms with Crippen LogP contribution in [0.3, 0.4) is 0 Å². The molecule has 106 valence electrons. The minimum absolute atomic E-state index is 0.0693.